The number of nitrogens with zero attached hydrogens (tertiary/aromatic N) is 3. The number of hydrogen-bond donors (Lipinski definition) is 1. The molecule has 3 aliphatic rings. The fourth-order valence-electron chi connectivity index (χ4n) is 5.22. The third-order valence-electron chi connectivity index (χ3n) is 7.10. The fraction of sp³-hybridized carbons (Fsp3) is 0.462. The molecule has 9 heteroatoms. The summed E-state index contributed by atoms with van der Waals surface area (Å²) in [5.41, 5.74) is 2.44. The lowest BCUT2D eigenvalue weighted by molar-refractivity contribution is -0.117. The largest absolute Gasteiger partial charge is 0.371 e. The lowest BCUT2D eigenvalue weighted by Crippen LogP contribution is -2.35. The summed E-state index contributed by atoms with van der Waals surface area (Å²) in [5, 5.41) is 2.95. The monoisotopic (exact) mass is 496 g/mol. The molecule has 3 aliphatic heterocycles. The maximum Gasteiger partial charge on any atom is 0.257 e. The van der Waals surface area contributed by atoms with Crippen LogP contribution < -0.4 is 15.1 Å². The molecule has 0 aromatic heterocycles. The molecule has 0 atom stereocenters. The molecular weight excluding hydrogens is 464 g/mol. The predicted octanol–water partition coefficient (Wildman–Crippen LogP) is 3.84. The molecule has 0 unspecified atom stereocenters. The number of nitrogens with one attached hydrogen (secondary N) is 1. The van der Waals surface area contributed by atoms with Gasteiger partial charge < -0.3 is 15.1 Å². The van der Waals surface area contributed by atoms with Gasteiger partial charge in [-0.15, -0.1) is 0 Å². The zero-order valence-electron chi connectivity index (χ0n) is 19.9. The Labute approximate surface area is 206 Å². The van der Waals surface area contributed by atoms with Crippen LogP contribution in [0.25, 0.3) is 0 Å². The average molecular weight is 497 g/mol. The van der Waals surface area contributed by atoms with Gasteiger partial charge in [0.25, 0.3) is 5.91 Å². The van der Waals surface area contributed by atoms with Gasteiger partial charge in [0, 0.05) is 56.2 Å². The van der Waals surface area contributed by atoms with Crippen molar-refractivity contribution in [1.29, 1.82) is 0 Å². The van der Waals surface area contributed by atoms with Crippen LogP contribution in [0.2, 0.25) is 0 Å². The molecule has 0 radical (unpaired) electrons. The van der Waals surface area contributed by atoms with Crippen molar-refractivity contribution in [1.82, 2.24) is 4.31 Å². The molecule has 186 valence electrons. The smallest absolute Gasteiger partial charge is 0.257 e. The van der Waals surface area contributed by atoms with Crippen LogP contribution in [-0.4, -0.2) is 57.3 Å². The summed E-state index contributed by atoms with van der Waals surface area (Å²) >= 11 is 0. The molecule has 0 spiro atoms. The Hall–Kier alpha value is -2.91. The van der Waals surface area contributed by atoms with Crippen molar-refractivity contribution in [2.24, 2.45) is 0 Å². The quantitative estimate of drug-likeness (QED) is 0.656. The minimum absolute atomic E-state index is 0.0837. The van der Waals surface area contributed by atoms with Crippen molar-refractivity contribution in [3.8, 4) is 0 Å². The van der Waals surface area contributed by atoms with E-state index in [1.165, 1.54) is 10.4 Å². The van der Waals surface area contributed by atoms with E-state index in [0.29, 0.717) is 37.3 Å². The third-order valence-corrected chi connectivity index (χ3v) is 9.00. The molecule has 35 heavy (non-hydrogen) atoms. The zero-order chi connectivity index (χ0) is 24.4. The van der Waals surface area contributed by atoms with Gasteiger partial charge in [0.2, 0.25) is 15.9 Å². The molecule has 0 bridgehead atoms. The highest BCUT2D eigenvalue weighted by Crippen LogP contribution is 2.31. The molecule has 1 N–H and O–H groups in total. The molecule has 2 aromatic carbocycles. The molecule has 0 aliphatic carbocycles. The summed E-state index contributed by atoms with van der Waals surface area (Å²) in [6, 6.07) is 12.2. The Bertz CT molecular complexity index is 1220. The van der Waals surface area contributed by atoms with Crippen LogP contribution in [0.1, 0.15) is 55.3 Å². The molecule has 0 saturated carbocycles. The van der Waals surface area contributed by atoms with E-state index in [-0.39, 0.29) is 16.7 Å². The first kappa shape index (κ1) is 23.8. The Morgan fingerprint density at radius 1 is 0.829 bits per heavy atom. The second kappa shape index (κ2) is 9.99. The van der Waals surface area contributed by atoms with E-state index in [0.717, 1.165) is 63.0 Å². The summed E-state index contributed by atoms with van der Waals surface area (Å²) < 4.78 is 28.2. The van der Waals surface area contributed by atoms with Crippen LogP contribution >= 0.6 is 0 Å². The summed E-state index contributed by atoms with van der Waals surface area (Å²) in [7, 11) is -3.66. The highest BCUT2D eigenvalue weighted by atomic mass is 32.2. The number of benzene rings is 2. The first-order valence-electron chi connectivity index (χ1n) is 12.5. The van der Waals surface area contributed by atoms with Crippen LogP contribution in [0, 0.1) is 0 Å². The van der Waals surface area contributed by atoms with Gasteiger partial charge in [-0.25, -0.2) is 8.42 Å². The molecule has 8 nitrogen and oxygen atoms in total. The van der Waals surface area contributed by atoms with Gasteiger partial charge in [0.05, 0.1) is 10.5 Å². The maximum absolute atomic E-state index is 13.5. The zero-order valence-corrected chi connectivity index (χ0v) is 20.7. The van der Waals surface area contributed by atoms with Gasteiger partial charge in [-0.05, 0) is 68.5 Å². The van der Waals surface area contributed by atoms with Crippen molar-refractivity contribution in [3.05, 3.63) is 48.0 Å². The number of piperidine rings is 1. The molecule has 2 aromatic rings. The Balaban J connectivity index is 1.45. The fourth-order valence-corrected chi connectivity index (χ4v) is 6.76. The van der Waals surface area contributed by atoms with E-state index >= 15 is 0 Å². The van der Waals surface area contributed by atoms with E-state index < -0.39 is 10.0 Å². The van der Waals surface area contributed by atoms with Gasteiger partial charge in [0.1, 0.15) is 0 Å². The molecule has 3 heterocycles. The van der Waals surface area contributed by atoms with E-state index in [1.807, 2.05) is 12.1 Å². The summed E-state index contributed by atoms with van der Waals surface area (Å²) in [4.78, 5) is 29.7. The number of rotatable bonds is 6. The van der Waals surface area contributed by atoms with Gasteiger partial charge in [-0.3, -0.25) is 9.59 Å². The second-order valence-electron chi connectivity index (χ2n) is 9.49. The normalized spacial score (nSPS) is 19.4. The molecule has 2 amide bonds. The number of carbonyl (C=O) groups is 2. The van der Waals surface area contributed by atoms with Gasteiger partial charge in [0.15, 0.2) is 0 Å². The van der Waals surface area contributed by atoms with E-state index in [1.54, 1.807) is 29.2 Å². The van der Waals surface area contributed by atoms with Gasteiger partial charge >= 0.3 is 0 Å². The van der Waals surface area contributed by atoms with E-state index in [4.69, 9.17) is 0 Å². The Morgan fingerprint density at radius 3 is 2.29 bits per heavy atom. The second-order valence-corrected chi connectivity index (χ2v) is 11.4. The molecule has 3 saturated heterocycles. The van der Waals surface area contributed by atoms with Crippen molar-refractivity contribution in [2.75, 3.05) is 47.8 Å². The molecule has 5 rings (SSSR count). The SMILES string of the molecule is O=C(Nc1cccc(N2CCCC2=O)c1)c1cc(S(=O)(=O)N2CCCCC2)ccc1N1CCCC1. The summed E-state index contributed by atoms with van der Waals surface area (Å²) in [5.74, 6) is -0.270. The van der Waals surface area contributed by atoms with Crippen LogP contribution in [0.5, 0.6) is 0 Å². The number of anilines is 3. The summed E-state index contributed by atoms with van der Waals surface area (Å²) in [6.07, 6.45) is 6.20. The highest BCUT2D eigenvalue weighted by Gasteiger charge is 2.29. The van der Waals surface area contributed by atoms with Gasteiger partial charge in [-0.1, -0.05) is 12.5 Å². The standard InChI is InChI=1S/C26H32N4O4S/c31-25-10-7-17-30(25)21-9-6-8-20(18-21)27-26(32)23-19-22(11-12-24(23)28-13-4-5-14-28)35(33,34)29-15-2-1-3-16-29/h6,8-9,11-12,18-19H,1-5,7,10,13-17H2,(H,27,32). The highest BCUT2D eigenvalue weighted by molar-refractivity contribution is 7.89. The number of sulfonamides is 1. The van der Waals surface area contributed by atoms with Crippen LogP contribution in [0.15, 0.2) is 47.4 Å². The maximum atomic E-state index is 13.5. The average Bonchev–Trinajstić information content (AvgIpc) is 3.56. The van der Waals surface area contributed by atoms with E-state index in [2.05, 4.69) is 10.2 Å². The first-order chi connectivity index (χ1) is 16.9. The Morgan fingerprint density at radius 2 is 1.57 bits per heavy atom. The first-order valence-corrected chi connectivity index (χ1v) is 14.0. The minimum atomic E-state index is -3.66. The Kier molecular flexibility index (Phi) is 6.80. The van der Waals surface area contributed by atoms with Gasteiger partial charge in [-0.2, -0.15) is 4.31 Å². The molecule has 3 fully saturated rings. The van der Waals surface area contributed by atoms with Crippen molar-refractivity contribution >= 4 is 38.9 Å². The number of carbonyl (C=O) groups excluding carboxylic acids is 2. The van der Waals surface area contributed by atoms with Crippen molar-refractivity contribution < 1.29 is 18.0 Å². The van der Waals surface area contributed by atoms with Crippen LogP contribution in [-0.2, 0) is 14.8 Å². The van der Waals surface area contributed by atoms with Crippen LogP contribution in [0.3, 0.4) is 0 Å². The lowest BCUT2D eigenvalue weighted by atomic mass is 10.1. The van der Waals surface area contributed by atoms with E-state index in [9.17, 15) is 18.0 Å². The number of amides is 2. The predicted molar refractivity (Wildman–Crippen MR) is 136 cm³/mol. The number of hydrogen-bond acceptors (Lipinski definition) is 5. The van der Waals surface area contributed by atoms with Crippen molar-refractivity contribution in [2.45, 2.75) is 49.8 Å². The summed E-state index contributed by atoms with van der Waals surface area (Å²) in [6.45, 7) is 3.38. The van der Waals surface area contributed by atoms with Crippen LogP contribution in [0.4, 0.5) is 17.1 Å². The third kappa shape index (κ3) is 4.92. The van der Waals surface area contributed by atoms with Crippen molar-refractivity contribution in [3.63, 3.8) is 0 Å². The molecular formula is C26H32N4O4S. The lowest BCUT2D eigenvalue weighted by Gasteiger charge is -2.27. The minimum Gasteiger partial charge on any atom is -0.371 e. The topological polar surface area (TPSA) is 90.0 Å².